The maximum absolute atomic E-state index is 10.7. The molecule has 1 aromatic carbocycles. The Morgan fingerprint density at radius 2 is 1.43 bits per heavy atom. The third-order valence-corrected chi connectivity index (χ3v) is 3.88. The Morgan fingerprint density at radius 1 is 0.870 bits per heavy atom. The van der Waals surface area contributed by atoms with E-state index in [1.165, 1.54) is 38.5 Å². The van der Waals surface area contributed by atoms with Gasteiger partial charge in [-0.05, 0) is 37.0 Å². The fourth-order valence-electron chi connectivity index (χ4n) is 2.44. The molecule has 1 aromatic rings. The lowest BCUT2D eigenvalue weighted by Gasteiger charge is -2.08. The Balaban J connectivity index is 2.08. The highest BCUT2D eigenvalue weighted by molar-refractivity contribution is 5.84. The number of rotatable bonds is 14. The van der Waals surface area contributed by atoms with Crippen LogP contribution in [0.2, 0.25) is 0 Å². The van der Waals surface area contributed by atoms with Crippen LogP contribution in [0.15, 0.2) is 36.9 Å². The van der Waals surface area contributed by atoms with Crippen LogP contribution < -0.4 is 4.74 Å². The van der Waals surface area contributed by atoms with Crippen molar-refractivity contribution in [3.8, 4) is 5.75 Å². The molecule has 0 unspecified atom stereocenters. The minimum Gasteiger partial charge on any atom is -0.494 e. The quantitative estimate of drug-likeness (QED) is 0.213. The minimum atomic E-state index is -0.671. The predicted molar refractivity (Wildman–Crippen MR) is 93.9 cm³/mol. The molecule has 23 heavy (non-hydrogen) atoms. The van der Waals surface area contributed by atoms with E-state index >= 15 is 0 Å². The van der Waals surface area contributed by atoms with Crippen LogP contribution in [-0.4, -0.2) is 19.2 Å². The zero-order chi connectivity index (χ0) is 16.8. The molecule has 126 valence electrons. The van der Waals surface area contributed by atoms with Gasteiger partial charge in [-0.25, -0.2) is 0 Å². The van der Waals surface area contributed by atoms with Crippen LogP contribution in [0.25, 0.3) is 0 Å². The van der Waals surface area contributed by atoms with Crippen molar-refractivity contribution in [2.75, 3.05) is 6.61 Å². The van der Waals surface area contributed by atoms with E-state index in [2.05, 4.69) is 6.58 Å². The fraction of sp³-hybridized carbons (Fsp3) is 0.500. The van der Waals surface area contributed by atoms with Gasteiger partial charge in [0.05, 0.1) is 12.5 Å². The molecule has 0 atom stereocenters. The highest BCUT2D eigenvalue weighted by Crippen LogP contribution is 2.17. The molecule has 3 nitrogen and oxygen atoms in total. The smallest absolute Gasteiger partial charge is 0.134 e. The number of benzene rings is 1. The van der Waals surface area contributed by atoms with Gasteiger partial charge in [0.1, 0.15) is 18.3 Å². The number of ether oxygens (including phenoxy) is 1. The van der Waals surface area contributed by atoms with Crippen molar-refractivity contribution in [3.63, 3.8) is 0 Å². The summed E-state index contributed by atoms with van der Waals surface area (Å²) in [5.41, 5.74) is 0.707. The summed E-state index contributed by atoms with van der Waals surface area (Å²) < 4.78 is 5.68. The maximum atomic E-state index is 10.7. The molecule has 0 N–H and O–H groups in total. The van der Waals surface area contributed by atoms with Gasteiger partial charge < -0.3 is 14.3 Å². The molecule has 0 bridgehead atoms. The van der Waals surface area contributed by atoms with Gasteiger partial charge in [-0.15, -0.1) is 6.58 Å². The van der Waals surface area contributed by atoms with E-state index < -0.39 is 5.92 Å². The summed E-state index contributed by atoms with van der Waals surface area (Å²) in [5, 5.41) is 0. The molecule has 0 saturated heterocycles. The van der Waals surface area contributed by atoms with Crippen LogP contribution in [0, 0.1) is 0 Å². The SMILES string of the molecule is C=CCCCCCCCCCOc1ccc(C(C=O)C=O)cc1. The van der Waals surface area contributed by atoms with Crippen LogP contribution >= 0.6 is 0 Å². The Kier molecular flexibility index (Phi) is 10.5. The van der Waals surface area contributed by atoms with Crippen LogP contribution in [0.1, 0.15) is 62.8 Å². The zero-order valence-electron chi connectivity index (χ0n) is 13.9. The summed E-state index contributed by atoms with van der Waals surface area (Å²) in [4.78, 5) is 21.5. The molecule has 0 aromatic heterocycles. The Hall–Kier alpha value is -1.90. The van der Waals surface area contributed by atoms with Crippen molar-refractivity contribution in [2.45, 2.75) is 57.3 Å². The third-order valence-electron chi connectivity index (χ3n) is 3.88. The van der Waals surface area contributed by atoms with Crippen molar-refractivity contribution in [3.05, 3.63) is 42.5 Å². The minimum absolute atomic E-state index is 0.653. The number of hydrogen-bond acceptors (Lipinski definition) is 3. The van der Waals surface area contributed by atoms with Gasteiger partial charge in [0, 0.05) is 0 Å². The van der Waals surface area contributed by atoms with Crippen LogP contribution in [-0.2, 0) is 9.59 Å². The number of aldehydes is 2. The molecule has 0 fully saturated rings. The number of allylic oxidation sites excluding steroid dienone is 1. The molecule has 1 rings (SSSR count). The second-order valence-electron chi connectivity index (χ2n) is 5.77. The largest absolute Gasteiger partial charge is 0.494 e. The summed E-state index contributed by atoms with van der Waals surface area (Å²) in [6.07, 6.45) is 13.1. The summed E-state index contributed by atoms with van der Waals surface area (Å²) in [5.74, 6) is 0.115. The first-order chi connectivity index (χ1) is 11.3. The normalized spacial score (nSPS) is 10.5. The summed E-state index contributed by atoms with van der Waals surface area (Å²) in [7, 11) is 0. The van der Waals surface area contributed by atoms with Crippen molar-refractivity contribution in [1.29, 1.82) is 0 Å². The Morgan fingerprint density at radius 3 is 2.00 bits per heavy atom. The maximum Gasteiger partial charge on any atom is 0.134 e. The van der Waals surface area contributed by atoms with Crippen LogP contribution in [0.3, 0.4) is 0 Å². The molecular formula is C20H28O3. The predicted octanol–water partition coefficient (Wildman–Crippen LogP) is 4.85. The first-order valence-electron chi connectivity index (χ1n) is 8.56. The van der Waals surface area contributed by atoms with E-state index in [9.17, 15) is 9.59 Å². The summed E-state index contributed by atoms with van der Waals surface area (Å²) in [6, 6.07) is 7.17. The lowest BCUT2D eigenvalue weighted by molar-refractivity contribution is -0.116. The highest BCUT2D eigenvalue weighted by atomic mass is 16.5. The van der Waals surface area contributed by atoms with Crippen LogP contribution in [0.5, 0.6) is 5.75 Å². The molecule has 0 aliphatic rings. The van der Waals surface area contributed by atoms with E-state index in [-0.39, 0.29) is 0 Å². The number of carbonyl (C=O) groups is 2. The molecule has 0 heterocycles. The zero-order valence-corrected chi connectivity index (χ0v) is 13.9. The molecule has 0 aliphatic carbocycles. The van der Waals surface area contributed by atoms with E-state index in [1.54, 1.807) is 12.1 Å². The topological polar surface area (TPSA) is 43.4 Å². The number of hydrogen-bond donors (Lipinski definition) is 0. The molecule has 0 spiro atoms. The van der Waals surface area contributed by atoms with Gasteiger partial charge >= 0.3 is 0 Å². The second kappa shape index (κ2) is 12.6. The summed E-state index contributed by atoms with van der Waals surface area (Å²) in [6.45, 7) is 4.44. The molecule has 0 saturated carbocycles. The molecule has 0 aliphatic heterocycles. The second-order valence-corrected chi connectivity index (χ2v) is 5.77. The van der Waals surface area contributed by atoms with Crippen molar-refractivity contribution < 1.29 is 14.3 Å². The highest BCUT2D eigenvalue weighted by Gasteiger charge is 2.08. The van der Waals surface area contributed by atoms with Gasteiger partial charge in [0.2, 0.25) is 0 Å². The third kappa shape index (κ3) is 8.34. The van der Waals surface area contributed by atoms with Gasteiger partial charge in [-0.3, -0.25) is 0 Å². The average molecular weight is 316 g/mol. The Labute approximate surface area is 139 Å². The van der Waals surface area contributed by atoms with E-state index in [0.29, 0.717) is 24.7 Å². The standard InChI is InChI=1S/C20H28O3/c1-2-3-4-5-6-7-8-9-10-15-23-20-13-11-18(12-14-20)19(16-21)17-22/h2,11-14,16-17,19H,1,3-10,15H2. The van der Waals surface area contributed by atoms with Gasteiger partial charge in [0.25, 0.3) is 0 Å². The van der Waals surface area contributed by atoms with Gasteiger partial charge in [0.15, 0.2) is 0 Å². The van der Waals surface area contributed by atoms with E-state index in [1.807, 2.05) is 18.2 Å². The van der Waals surface area contributed by atoms with Crippen LogP contribution in [0.4, 0.5) is 0 Å². The van der Waals surface area contributed by atoms with E-state index in [0.717, 1.165) is 18.6 Å². The Bertz CT molecular complexity index is 442. The first kappa shape index (κ1) is 19.1. The average Bonchev–Trinajstić information content (AvgIpc) is 2.59. The monoisotopic (exact) mass is 316 g/mol. The van der Waals surface area contributed by atoms with Gasteiger partial charge in [-0.1, -0.05) is 50.3 Å². The van der Waals surface area contributed by atoms with Gasteiger partial charge in [-0.2, -0.15) is 0 Å². The number of carbonyl (C=O) groups excluding carboxylic acids is 2. The molecule has 0 amide bonds. The van der Waals surface area contributed by atoms with Crippen molar-refractivity contribution in [1.82, 2.24) is 0 Å². The fourth-order valence-corrected chi connectivity index (χ4v) is 2.44. The number of unbranched alkanes of at least 4 members (excludes halogenated alkanes) is 7. The van der Waals surface area contributed by atoms with Crippen molar-refractivity contribution in [2.24, 2.45) is 0 Å². The van der Waals surface area contributed by atoms with Crippen molar-refractivity contribution >= 4 is 12.6 Å². The molecular weight excluding hydrogens is 288 g/mol. The summed E-state index contributed by atoms with van der Waals surface area (Å²) >= 11 is 0. The molecule has 0 radical (unpaired) electrons. The van der Waals surface area contributed by atoms with E-state index in [4.69, 9.17) is 4.74 Å². The molecule has 3 heteroatoms. The lowest BCUT2D eigenvalue weighted by Crippen LogP contribution is -2.02. The lowest BCUT2D eigenvalue weighted by atomic mass is 10.0. The first-order valence-corrected chi connectivity index (χ1v) is 8.56.